The van der Waals surface area contributed by atoms with Crippen LogP contribution in [0.5, 0.6) is 5.75 Å². The van der Waals surface area contributed by atoms with Crippen molar-refractivity contribution in [1.29, 1.82) is 0 Å². The van der Waals surface area contributed by atoms with E-state index in [1.165, 1.54) is 6.42 Å². The summed E-state index contributed by atoms with van der Waals surface area (Å²) in [6.45, 7) is 7.28. The first-order chi connectivity index (χ1) is 8.04. The number of alkyl halides is 1. The van der Waals surface area contributed by atoms with Crippen LogP contribution < -0.4 is 4.74 Å². The third-order valence-electron chi connectivity index (χ3n) is 2.63. The maximum absolute atomic E-state index is 5.94. The largest absolute Gasteiger partial charge is 0.493 e. The number of benzene rings is 1. The Hall–Kier alpha value is -0.210. The molecule has 1 aromatic rings. The van der Waals surface area contributed by atoms with Crippen LogP contribution in [-0.2, 0) is 5.88 Å². The minimum Gasteiger partial charge on any atom is -0.493 e. The van der Waals surface area contributed by atoms with Gasteiger partial charge in [0.05, 0.1) is 12.5 Å². The van der Waals surface area contributed by atoms with Crippen LogP contribution in [-0.4, -0.2) is 6.61 Å². The van der Waals surface area contributed by atoms with Crippen molar-refractivity contribution in [2.45, 2.75) is 39.5 Å². The van der Waals surface area contributed by atoms with Gasteiger partial charge in [-0.15, -0.1) is 11.6 Å². The fourth-order valence-electron chi connectivity index (χ4n) is 1.77. The van der Waals surface area contributed by atoms with E-state index in [-0.39, 0.29) is 0 Å². The summed E-state index contributed by atoms with van der Waals surface area (Å²) in [6, 6.07) is 4.09. The zero-order valence-corrected chi connectivity index (χ0v) is 13.1. The first kappa shape index (κ1) is 14.8. The van der Waals surface area contributed by atoms with Gasteiger partial charge < -0.3 is 4.74 Å². The molecule has 0 unspecified atom stereocenters. The molecule has 1 rings (SSSR count). The molecule has 1 nitrogen and oxygen atoms in total. The zero-order chi connectivity index (χ0) is 12.8. The minimum atomic E-state index is 0.486. The molecular weight excluding hydrogens is 300 g/mol. The molecule has 0 bridgehead atoms. The Bertz CT molecular complexity index is 363. The second kappa shape index (κ2) is 7.27. The first-order valence-corrected chi connectivity index (χ1v) is 7.35. The molecule has 0 aromatic heterocycles. The van der Waals surface area contributed by atoms with E-state index in [4.69, 9.17) is 16.3 Å². The van der Waals surface area contributed by atoms with E-state index in [0.29, 0.717) is 5.88 Å². The molecule has 0 saturated carbocycles. The molecule has 0 radical (unpaired) electrons. The van der Waals surface area contributed by atoms with Gasteiger partial charge in [0.25, 0.3) is 0 Å². The molecule has 96 valence electrons. The molecule has 0 saturated heterocycles. The highest BCUT2D eigenvalue weighted by Crippen LogP contribution is 2.29. The van der Waals surface area contributed by atoms with Crippen molar-refractivity contribution in [2.75, 3.05) is 6.61 Å². The fourth-order valence-corrected chi connectivity index (χ4v) is 2.59. The van der Waals surface area contributed by atoms with Crippen molar-refractivity contribution in [1.82, 2.24) is 0 Å². The number of hydrogen-bond donors (Lipinski definition) is 0. The maximum Gasteiger partial charge on any atom is 0.126 e. The van der Waals surface area contributed by atoms with Gasteiger partial charge in [-0.3, -0.25) is 0 Å². The Labute approximate surface area is 118 Å². The monoisotopic (exact) mass is 318 g/mol. The molecule has 0 spiro atoms. The quantitative estimate of drug-likeness (QED) is 0.510. The minimum absolute atomic E-state index is 0.486. The van der Waals surface area contributed by atoms with Crippen LogP contribution in [0.4, 0.5) is 0 Å². The van der Waals surface area contributed by atoms with Gasteiger partial charge >= 0.3 is 0 Å². The summed E-state index contributed by atoms with van der Waals surface area (Å²) in [5, 5.41) is 0. The van der Waals surface area contributed by atoms with E-state index in [1.807, 2.05) is 6.07 Å². The predicted molar refractivity (Wildman–Crippen MR) is 78.0 cm³/mol. The van der Waals surface area contributed by atoms with Crippen LogP contribution >= 0.6 is 27.5 Å². The van der Waals surface area contributed by atoms with Crippen molar-refractivity contribution in [3.05, 3.63) is 27.7 Å². The van der Waals surface area contributed by atoms with E-state index in [9.17, 15) is 0 Å². The summed E-state index contributed by atoms with van der Waals surface area (Å²) >= 11 is 9.41. The van der Waals surface area contributed by atoms with E-state index < -0.39 is 0 Å². The fraction of sp³-hybridized carbons (Fsp3) is 0.571. The first-order valence-electron chi connectivity index (χ1n) is 6.02. The second-order valence-corrected chi connectivity index (χ2v) is 5.91. The third-order valence-corrected chi connectivity index (χ3v) is 3.38. The number of halogens is 2. The lowest BCUT2D eigenvalue weighted by Crippen LogP contribution is -2.03. The van der Waals surface area contributed by atoms with Gasteiger partial charge in [0, 0.05) is 10.0 Å². The molecule has 0 heterocycles. The molecule has 0 N–H and O–H groups in total. The Balaban J connectivity index is 2.63. The molecular formula is C14H20BrClO. The van der Waals surface area contributed by atoms with Crippen molar-refractivity contribution < 1.29 is 4.74 Å². The molecule has 3 heteroatoms. The number of rotatable bonds is 6. The molecule has 0 atom stereocenters. The summed E-state index contributed by atoms with van der Waals surface area (Å²) in [6.07, 6.45) is 2.29. The topological polar surface area (TPSA) is 9.23 Å². The molecule has 1 aromatic carbocycles. The van der Waals surface area contributed by atoms with Crippen LogP contribution in [0, 0.1) is 12.8 Å². The van der Waals surface area contributed by atoms with E-state index in [1.54, 1.807) is 0 Å². The van der Waals surface area contributed by atoms with Gasteiger partial charge in [0.2, 0.25) is 0 Å². The van der Waals surface area contributed by atoms with E-state index in [0.717, 1.165) is 40.3 Å². The summed E-state index contributed by atoms with van der Waals surface area (Å²) in [5.74, 6) is 2.17. The zero-order valence-electron chi connectivity index (χ0n) is 10.7. The summed E-state index contributed by atoms with van der Waals surface area (Å²) in [4.78, 5) is 0. The van der Waals surface area contributed by atoms with Crippen LogP contribution in [0.1, 0.15) is 37.8 Å². The van der Waals surface area contributed by atoms with Crippen molar-refractivity contribution in [3.8, 4) is 5.75 Å². The lowest BCUT2D eigenvalue weighted by atomic mass is 10.1. The lowest BCUT2D eigenvalue weighted by Gasteiger charge is -2.14. The Morgan fingerprint density at radius 1 is 1.35 bits per heavy atom. The molecule has 0 aliphatic heterocycles. The number of aryl methyl sites for hydroxylation is 1. The second-order valence-electron chi connectivity index (χ2n) is 4.73. The highest BCUT2D eigenvalue weighted by Gasteiger charge is 2.08. The summed E-state index contributed by atoms with van der Waals surface area (Å²) in [5.41, 5.74) is 2.20. The van der Waals surface area contributed by atoms with Crippen LogP contribution in [0.3, 0.4) is 0 Å². The summed E-state index contributed by atoms with van der Waals surface area (Å²) in [7, 11) is 0. The standard InChI is InChI=1S/C14H20BrClO/c1-10(2)5-4-6-17-14-11(3)7-13(15)8-12(14)9-16/h7-8,10H,4-6,9H2,1-3H3. The molecule has 0 aliphatic carbocycles. The Morgan fingerprint density at radius 3 is 2.65 bits per heavy atom. The summed E-state index contributed by atoms with van der Waals surface area (Å²) < 4.78 is 6.91. The molecule has 0 amide bonds. The van der Waals surface area contributed by atoms with E-state index >= 15 is 0 Å². The smallest absolute Gasteiger partial charge is 0.126 e. The molecule has 0 fully saturated rings. The lowest BCUT2D eigenvalue weighted by molar-refractivity contribution is 0.294. The number of hydrogen-bond acceptors (Lipinski definition) is 1. The van der Waals surface area contributed by atoms with Gasteiger partial charge in [0.15, 0.2) is 0 Å². The van der Waals surface area contributed by atoms with Crippen LogP contribution in [0.25, 0.3) is 0 Å². The van der Waals surface area contributed by atoms with Gasteiger partial charge in [0.1, 0.15) is 5.75 Å². The number of ether oxygens (including phenoxy) is 1. The predicted octanol–water partition coefficient (Wildman–Crippen LogP) is 5.31. The SMILES string of the molecule is Cc1cc(Br)cc(CCl)c1OCCCC(C)C. The van der Waals surface area contributed by atoms with Gasteiger partial charge in [-0.2, -0.15) is 0 Å². The van der Waals surface area contributed by atoms with Crippen molar-refractivity contribution >= 4 is 27.5 Å². The van der Waals surface area contributed by atoms with Crippen molar-refractivity contribution in [3.63, 3.8) is 0 Å². The van der Waals surface area contributed by atoms with Crippen LogP contribution in [0.2, 0.25) is 0 Å². The Morgan fingerprint density at radius 2 is 2.06 bits per heavy atom. The molecule has 0 aliphatic rings. The normalized spacial score (nSPS) is 10.9. The van der Waals surface area contributed by atoms with E-state index in [2.05, 4.69) is 42.8 Å². The van der Waals surface area contributed by atoms with Crippen LogP contribution in [0.15, 0.2) is 16.6 Å². The average molecular weight is 320 g/mol. The third kappa shape index (κ3) is 4.89. The average Bonchev–Trinajstić information content (AvgIpc) is 2.25. The van der Waals surface area contributed by atoms with Gasteiger partial charge in [-0.05, 0) is 43.4 Å². The highest BCUT2D eigenvalue weighted by molar-refractivity contribution is 9.10. The Kier molecular flexibility index (Phi) is 6.35. The maximum atomic E-state index is 5.94. The molecule has 17 heavy (non-hydrogen) atoms. The van der Waals surface area contributed by atoms with Gasteiger partial charge in [-0.1, -0.05) is 29.8 Å². The van der Waals surface area contributed by atoms with Gasteiger partial charge in [-0.25, -0.2) is 0 Å². The van der Waals surface area contributed by atoms with Crippen molar-refractivity contribution in [2.24, 2.45) is 5.92 Å². The highest BCUT2D eigenvalue weighted by atomic mass is 79.9.